The van der Waals surface area contributed by atoms with Gasteiger partial charge in [0.15, 0.2) is 16.5 Å². The van der Waals surface area contributed by atoms with E-state index in [9.17, 15) is 8.42 Å². The number of anilines is 1. The van der Waals surface area contributed by atoms with Crippen LogP contribution in [0.3, 0.4) is 0 Å². The highest BCUT2D eigenvalue weighted by Crippen LogP contribution is 2.32. The van der Waals surface area contributed by atoms with E-state index in [1.165, 1.54) is 12.3 Å². The number of ether oxygens (including phenoxy) is 2. The van der Waals surface area contributed by atoms with Crippen molar-refractivity contribution < 1.29 is 17.9 Å². The molecule has 0 saturated heterocycles. The van der Waals surface area contributed by atoms with E-state index in [0.29, 0.717) is 11.5 Å². The van der Waals surface area contributed by atoms with Gasteiger partial charge in [-0.25, -0.2) is 18.1 Å². The Balaban J connectivity index is 1.77. The van der Waals surface area contributed by atoms with Crippen LogP contribution in [0, 0.1) is 0 Å². The first kappa shape index (κ1) is 13.7. The SMILES string of the molecule is Nc1cccnc1S(=O)(=O)NCc1ccc2c(c1)OCO2. The van der Waals surface area contributed by atoms with Gasteiger partial charge in [0.2, 0.25) is 6.79 Å². The molecule has 0 aliphatic carbocycles. The maximum absolute atomic E-state index is 12.2. The van der Waals surface area contributed by atoms with Crippen LogP contribution in [0.4, 0.5) is 5.69 Å². The summed E-state index contributed by atoms with van der Waals surface area (Å²) in [6.07, 6.45) is 1.38. The minimum Gasteiger partial charge on any atom is -0.454 e. The van der Waals surface area contributed by atoms with Crippen LogP contribution >= 0.6 is 0 Å². The zero-order valence-electron chi connectivity index (χ0n) is 10.9. The van der Waals surface area contributed by atoms with E-state index in [1.54, 1.807) is 24.3 Å². The smallest absolute Gasteiger partial charge is 0.260 e. The Morgan fingerprint density at radius 2 is 2.05 bits per heavy atom. The van der Waals surface area contributed by atoms with Gasteiger partial charge in [-0.15, -0.1) is 0 Å². The Morgan fingerprint density at radius 3 is 2.86 bits per heavy atom. The molecule has 3 rings (SSSR count). The van der Waals surface area contributed by atoms with Crippen LogP contribution < -0.4 is 19.9 Å². The number of fused-ring (bicyclic) bond motifs is 1. The molecule has 0 amide bonds. The molecule has 3 N–H and O–H groups in total. The van der Waals surface area contributed by atoms with Gasteiger partial charge >= 0.3 is 0 Å². The Hall–Kier alpha value is -2.32. The molecule has 110 valence electrons. The summed E-state index contributed by atoms with van der Waals surface area (Å²) in [4.78, 5) is 3.80. The zero-order valence-corrected chi connectivity index (χ0v) is 11.8. The fraction of sp³-hybridized carbons (Fsp3) is 0.154. The maximum Gasteiger partial charge on any atom is 0.260 e. The number of aromatic nitrogens is 1. The van der Waals surface area contributed by atoms with E-state index in [4.69, 9.17) is 15.2 Å². The fourth-order valence-corrected chi connectivity index (χ4v) is 3.00. The molecule has 2 aromatic rings. The number of nitrogens with zero attached hydrogens (tertiary/aromatic N) is 1. The van der Waals surface area contributed by atoms with Crippen LogP contribution in [0.1, 0.15) is 5.56 Å². The van der Waals surface area contributed by atoms with Crippen molar-refractivity contribution in [2.24, 2.45) is 0 Å². The summed E-state index contributed by atoms with van der Waals surface area (Å²) in [6, 6.07) is 8.29. The molecule has 21 heavy (non-hydrogen) atoms. The topological polar surface area (TPSA) is 104 Å². The summed E-state index contributed by atoms with van der Waals surface area (Å²) in [5.41, 5.74) is 6.49. The van der Waals surface area contributed by atoms with Crippen LogP contribution in [0.25, 0.3) is 0 Å². The number of hydrogen-bond donors (Lipinski definition) is 2. The van der Waals surface area contributed by atoms with Crippen molar-refractivity contribution in [3.8, 4) is 11.5 Å². The third-order valence-corrected chi connectivity index (χ3v) is 4.33. The summed E-state index contributed by atoms with van der Waals surface area (Å²) >= 11 is 0. The molecular weight excluding hydrogens is 294 g/mol. The van der Waals surface area contributed by atoms with Crippen molar-refractivity contribution in [3.63, 3.8) is 0 Å². The minimum absolute atomic E-state index is 0.106. The molecule has 1 aliphatic rings. The number of nitrogens with one attached hydrogen (secondary N) is 1. The van der Waals surface area contributed by atoms with Gasteiger partial charge in [-0.3, -0.25) is 0 Å². The number of nitrogen functional groups attached to an aromatic ring is 1. The number of rotatable bonds is 4. The lowest BCUT2D eigenvalue weighted by atomic mass is 10.2. The summed E-state index contributed by atoms with van der Waals surface area (Å²) < 4.78 is 37.2. The van der Waals surface area contributed by atoms with E-state index >= 15 is 0 Å². The Morgan fingerprint density at radius 1 is 1.24 bits per heavy atom. The van der Waals surface area contributed by atoms with Gasteiger partial charge in [0, 0.05) is 12.7 Å². The van der Waals surface area contributed by atoms with Gasteiger partial charge < -0.3 is 15.2 Å². The first-order valence-corrected chi connectivity index (χ1v) is 7.63. The molecule has 7 nitrogen and oxygen atoms in total. The van der Waals surface area contributed by atoms with Crippen molar-refractivity contribution in [1.82, 2.24) is 9.71 Å². The van der Waals surface area contributed by atoms with Crippen LogP contribution in [0.5, 0.6) is 11.5 Å². The highest BCUT2D eigenvalue weighted by atomic mass is 32.2. The summed E-state index contributed by atoms with van der Waals surface area (Å²) in [5, 5.41) is -0.175. The molecule has 8 heteroatoms. The number of sulfonamides is 1. The van der Waals surface area contributed by atoms with E-state index in [-0.39, 0.29) is 24.1 Å². The second-order valence-electron chi connectivity index (χ2n) is 4.41. The Bertz CT molecular complexity index is 777. The summed E-state index contributed by atoms with van der Waals surface area (Å²) in [7, 11) is -3.76. The minimum atomic E-state index is -3.76. The fourth-order valence-electron chi connectivity index (χ4n) is 1.93. The van der Waals surface area contributed by atoms with E-state index in [0.717, 1.165) is 5.56 Å². The predicted octanol–water partition coefficient (Wildman–Crippen LogP) is 0.871. The molecule has 2 heterocycles. The van der Waals surface area contributed by atoms with Crippen molar-refractivity contribution in [2.75, 3.05) is 12.5 Å². The standard InChI is InChI=1S/C13H13N3O4S/c14-10-2-1-5-15-13(10)21(17,18)16-7-9-3-4-11-12(6-9)20-8-19-11/h1-6,16H,7-8,14H2. The van der Waals surface area contributed by atoms with Gasteiger partial charge in [0.25, 0.3) is 10.0 Å². The lowest BCUT2D eigenvalue weighted by Crippen LogP contribution is -2.25. The number of hydrogen-bond acceptors (Lipinski definition) is 6. The van der Waals surface area contributed by atoms with E-state index < -0.39 is 10.0 Å². The van der Waals surface area contributed by atoms with Gasteiger partial charge in [-0.1, -0.05) is 6.07 Å². The molecule has 0 unspecified atom stereocenters. The number of nitrogens with two attached hydrogens (primary N) is 1. The van der Waals surface area contributed by atoms with Crippen LogP contribution in [0.2, 0.25) is 0 Å². The summed E-state index contributed by atoms with van der Waals surface area (Å²) in [6.45, 7) is 0.282. The molecule has 0 spiro atoms. The van der Waals surface area contributed by atoms with Crippen LogP contribution in [-0.2, 0) is 16.6 Å². The molecule has 0 radical (unpaired) electrons. The first-order chi connectivity index (χ1) is 10.1. The quantitative estimate of drug-likeness (QED) is 0.868. The van der Waals surface area contributed by atoms with E-state index in [1.807, 2.05) is 0 Å². The van der Waals surface area contributed by atoms with Crippen LogP contribution in [-0.4, -0.2) is 20.2 Å². The zero-order chi connectivity index (χ0) is 14.9. The number of benzene rings is 1. The first-order valence-electron chi connectivity index (χ1n) is 6.15. The van der Waals surface area contributed by atoms with E-state index in [2.05, 4.69) is 9.71 Å². The van der Waals surface area contributed by atoms with Crippen molar-refractivity contribution in [3.05, 3.63) is 42.1 Å². The third-order valence-electron chi connectivity index (χ3n) is 2.96. The van der Waals surface area contributed by atoms with Gasteiger partial charge in [0.1, 0.15) is 0 Å². The highest BCUT2D eigenvalue weighted by molar-refractivity contribution is 7.89. The molecule has 1 aromatic carbocycles. The van der Waals surface area contributed by atoms with Gasteiger partial charge in [0.05, 0.1) is 5.69 Å². The summed E-state index contributed by atoms with van der Waals surface area (Å²) in [5.74, 6) is 1.25. The highest BCUT2D eigenvalue weighted by Gasteiger charge is 2.19. The van der Waals surface area contributed by atoms with Crippen molar-refractivity contribution >= 4 is 15.7 Å². The Labute approximate surface area is 121 Å². The monoisotopic (exact) mass is 307 g/mol. The van der Waals surface area contributed by atoms with Gasteiger partial charge in [-0.05, 0) is 29.8 Å². The van der Waals surface area contributed by atoms with Gasteiger partial charge in [-0.2, -0.15) is 0 Å². The number of pyridine rings is 1. The molecule has 1 aromatic heterocycles. The molecule has 0 saturated carbocycles. The predicted molar refractivity (Wildman–Crippen MR) is 75.2 cm³/mol. The normalized spacial score (nSPS) is 13.3. The second kappa shape index (κ2) is 5.23. The molecule has 0 atom stereocenters. The molecule has 0 bridgehead atoms. The Kier molecular flexibility index (Phi) is 3.40. The maximum atomic E-state index is 12.2. The van der Waals surface area contributed by atoms with Crippen molar-refractivity contribution in [2.45, 2.75) is 11.6 Å². The second-order valence-corrected chi connectivity index (χ2v) is 6.09. The van der Waals surface area contributed by atoms with Crippen LogP contribution in [0.15, 0.2) is 41.6 Å². The average Bonchev–Trinajstić information content (AvgIpc) is 2.93. The largest absolute Gasteiger partial charge is 0.454 e. The lowest BCUT2D eigenvalue weighted by Gasteiger charge is -2.08. The molecule has 1 aliphatic heterocycles. The molecule has 0 fully saturated rings. The average molecular weight is 307 g/mol. The third kappa shape index (κ3) is 2.76. The molecular formula is C13H13N3O4S. The lowest BCUT2D eigenvalue weighted by molar-refractivity contribution is 0.174. The van der Waals surface area contributed by atoms with Crippen molar-refractivity contribution in [1.29, 1.82) is 0 Å².